The number of rotatable bonds is 2. The van der Waals surface area contributed by atoms with Crippen LogP contribution in [0.25, 0.3) is 16.9 Å². The molecule has 148 valence electrons. The van der Waals surface area contributed by atoms with Gasteiger partial charge in [0.2, 0.25) is 0 Å². The Bertz CT molecular complexity index is 1210. The highest BCUT2D eigenvalue weighted by Crippen LogP contribution is 2.29. The normalized spacial score (nSPS) is 11.1. The van der Waals surface area contributed by atoms with Gasteiger partial charge in [-0.3, -0.25) is 0 Å². The van der Waals surface area contributed by atoms with Crippen LogP contribution in [-0.4, -0.2) is 15.0 Å². The number of benzene rings is 3. The van der Waals surface area contributed by atoms with E-state index in [2.05, 4.69) is 22.2 Å². The largest absolute Gasteiger partial charge is 0.416 e. The number of nitrogens with zero attached hydrogens (tertiary/aromatic N) is 3. The van der Waals surface area contributed by atoms with Gasteiger partial charge in [0.1, 0.15) is 5.69 Å². The molecule has 0 amide bonds. The Morgan fingerprint density at radius 2 is 1.33 bits per heavy atom. The lowest BCUT2D eigenvalue weighted by Gasteiger charge is -2.05. The zero-order valence-corrected chi connectivity index (χ0v) is 16.0. The Morgan fingerprint density at radius 1 is 0.767 bits per heavy atom. The molecule has 0 saturated heterocycles. The molecule has 0 saturated carbocycles. The summed E-state index contributed by atoms with van der Waals surface area (Å²) in [5.41, 5.74) is 4.37. The van der Waals surface area contributed by atoms with Crippen molar-refractivity contribution in [3.8, 4) is 28.8 Å². The summed E-state index contributed by atoms with van der Waals surface area (Å²) in [5.74, 6) is 5.83. The summed E-state index contributed by atoms with van der Waals surface area (Å²) in [5, 5.41) is 8.40. The van der Waals surface area contributed by atoms with E-state index in [0.29, 0.717) is 5.56 Å². The predicted molar refractivity (Wildman–Crippen MR) is 109 cm³/mol. The van der Waals surface area contributed by atoms with Gasteiger partial charge in [0.05, 0.1) is 17.4 Å². The molecule has 0 spiro atoms. The molecule has 30 heavy (non-hydrogen) atoms. The van der Waals surface area contributed by atoms with Crippen LogP contribution < -0.4 is 0 Å². The highest BCUT2D eigenvalue weighted by Gasteiger charge is 2.29. The number of alkyl halides is 3. The molecule has 1 heterocycles. The Morgan fingerprint density at radius 3 is 1.90 bits per heavy atom. The fraction of sp³-hybridized carbons (Fsp3) is 0.0833. The summed E-state index contributed by atoms with van der Waals surface area (Å²) in [6.45, 7) is 2.03. The number of aromatic nitrogens is 3. The van der Waals surface area contributed by atoms with Gasteiger partial charge in [-0.15, -0.1) is 5.10 Å². The Labute approximate surface area is 171 Å². The molecule has 0 bridgehead atoms. The third-order valence-electron chi connectivity index (χ3n) is 4.54. The van der Waals surface area contributed by atoms with Crippen LogP contribution in [0.5, 0.6) is 0 Å². The minimum Gasteiger partial charge on any atom is -0.220 e. The highest BCUT2D eigenvalue weighted by molar-refractivity contribution is 5.58. The molecular weight excluding hydrogens is 387 g/mol. The summed E-state index contributed by atoms with van der Waals surface area (Å²) in [4.78, 5) is 0. The van der Waals surface area contributed by atoms with E-state index < -0.39 is 11.7 Å². The van der Waals surface area contributed by atoms with E-state index >= 15 is 0 Å². The van der Waals surface area contributed by atoms with Gasteiger partial charge in [0, 0.05) is 16.7 Å². The average molecular weight is 403 g/mol. The van der Waals surface area contributed by atoms with Gasteiger partial charge in [0.15, 0.2) is 0 Å². The van der Waals surface area contributed by atoms with Crippen LogP contribution in [0.3, 0.4) is 0 Å². The maximum Gasteiger partial charge on any atom is 0.416 e. The molecular formula is C24H16F3N3. The fourth-order valence-electron chi connectivity index (χ4n) is 2.83. The molecule has 4 aromatic rings. The Hall–Kier alpha value is -3.85. The number of hydrogen-bond donors (Lipinski definition) is 0. The summed E-state index contributed by atoms with van der Waals surface area (Å²) >= 11 is 0. The zero-order chi connectivity index (χ0) is 21.1. The van der Waals surface area contributed by atoms with E-state index in [4.69, 9.17) is 0 Å². The van der Waals surface area contributed by atoms with Crippen LogP contribution >= 0.6 is 0 Å². The van der Waals surface area contributed by atoms with Crippen LogP contribution in [0.1, 0.15) is 22.3 Å². The van der Waals surface area contributed by atoms with E-state index in [1.807, 2.05) is 61.7 Å². The van der Waals surface area contributed by atoms with Crippen molar-refractivity contribution in [1.82, 2.24) is 15.0 Å². The summed E-state index contributed by atoms with van der Waals surface area (Å²) in [7, 11) is 0. The van der Waals surface area contributed by atoms with Gasteiger partial charge in [0.25, 0.3) is 0 Å². The molecule has 0 atom stereocenters. The van der Waals surface area contributed by atoms with E-state index in [9.17, 15) is 13.2 Å². The van der Waals surface area contributed by atoms with Crippen molar-refractivity contribution in [1.29, 1.82) is 0 Å². The van der Waals surface area contributed by atoms with Crippen LogP contribution in [0.15, 0.2) is 79.0 Å². The number of hydrogen-bond acceptors (Lipinski definition) is 2. The van der Waals surface area contributed by atoms with E-state index in [0.717, 1.165) is 34.6 Å². The Balaban J connectivity index is 1.49. The SMILES string of the molecule is Cc1ccc(-c2cn(-c3ccc(C#Cc4ccc(C(F)(F)F)cc4)cc3)nn2)cc1. The van der Waals surface area contributed by atoms with Gasteiger partial charge in [-0.2, -0.15) is 13.2 Å². The van der Waals surface area contributed by atoms with Gasteiger partial charge < -0.3 is 0 Å². The van der Waals surface area contributed by atoms with Crippen molar-refractivity contribution in [3.05, 3.63) is 101 Å². The molecule has 0 unspecified atom stereocenters. The van der Waals surface area contributed by atoms with Gasteiger partial charge in [-0.1, -0.05) is 46.9 Å². The second kappa shape index (κ2) is 7.88. The lowest BCUT2D eigenvalue weighted by Crippen LogP contribution is -2.04. The molecule has 0 radical (unpaired) electrons. The van der Waals surface area contributed by atoms with Crippen LogP contribution in [-0.2, 0) is 6.18 Å². The van der Waals surface area contributed by atoms with Crippen molar-refractivity contribution in [2.45, 2.75) is 13.1 Å². The third kappa shape index (κ3) is 4.41. The second-order valence-corrected chi connectivity index (χ2v) is 6.79. The minimum absolute atomic E-state index is 0.520. The van der Waals surface area contributed by atoms with Crippen LogP contribution in [0, 0.1) is 18.8 Å². The summed E-state index contributed by atoms with van der Waals surface area (Å²) in [6, 6.07) is 20.3. The smallest absolute Gasteiger partial charge is 0.220 e. The lowest BCUT2D eigenvalue weighted by molar-refractivity contribution is -0.137. The fourth-order valence-corrected chi connectivity index (χ4v) is 2.83. The van der Waals surface area contributed by atoms with E-state index in [1.165, 1.54) is 17.7 Å². The standard InChI is InChI=1S/C24H16F3N3/c1-17-2-10-20(11-3-17)23-16-30(29-28-23)22-14-8-19(9-15-22)5-4-18-6-12-21(13-7-18)24(25,26)27/h2-3,6-16H,1H3. The first-order valence-corrected chi connectivity index (χ1v) is 9.18. The van der Waals surface area contributed by atoms with Crippen molar-refractivity contribution in [2.24, 2.45) is 0 Å². The topological polar surface area (TPSA) is 30.7 Å². The molecule has 0 aliphatic carbocycles. The molecule has 4 rings (SSSR count). The first-order chi connectivity index (χ1) is 14.4. The van der Waals surface area contributed by atoms with Crippen molar-refractivity contribution in [2.75, 3.05) is 0 Å². The second-order valence-electron chi connectivity index (χ2n) is 6.79. The Kier molecular flexibility index (Phi) is 5.11. The highest BCUT2D eigenvalue weighted by atomic mass is 19.4. The van der Waals surface area contributed by atoms with E-state index in [1.54, 1.807) is 4.68 Å². The summed E-state index contributed by atoms with van der Waals surface area (Å²) in [6.07, 6.45) is -2.49. The molecule has 0 aliphatic heterocycles. The van der Waals surface area contributed by atoms with Crippen LogP contribution in [0.4, 0.5) is 13.2 Å². The minimum atomic E-state index is -4.34. The lowest BCUT2D eigenvalue weighted by atomic mass is 10.1. The number of aryl methyl sites for hydroxylation is 1. The monoisotopic (exact) mass is 403 g/mol. The molecule has 0 N–H and O–H groups in total. The molecule has 0 fully saturated rings. The molecule has 1 aromatic heterocycles. The van der Waals surface area contributed by atoms with Gasteiger partial charge >= 0.3 is 6.18 Å². The first-order valence-electron chi connectivity index (χ1n) is 9.18. The number of halogens is 3. The van der Waals surface area contributed by atoms with Crippen LogP contribution in [0.2, 0.25) is 0 Å². The third-order valence-corrected chi connectivity index (χ3v) is 4.54. The molecule has 0 aliphatic rings. The average Bonchev–Trinajstić information content (AvgIpc) is 3.23. The van der Waals surface area contributed by atoms with Gasteiger partial charge in [-0.05, 0) is 55.5 Å². The zero-order valence-electron chi connectivity index (χ0n) is 16.0. The van der Waals surface area contributed by atoms with Gasteiger partial charge in [-0.25, -0.2) is 4.68 Å². The molecule has 3 nitrogen and oxygen atoms in total. The molecule has 6 heteroatoms. The maximum atomic E-state index is 12.6. The predicted octanol–water partition coefficient (Wildman–Crippen LogP) is 5.66. The van der Waals surface area contributed by atoms with Crippen molar-refractivity contribution < 1.29 is 13.2 Å². The quantitative estimate of drug-likeness (QED) is 0.404. The molecule has 3 aromatic carbocycles. The summed E-state index contributed by atoms with van der Waals surface area (Å²) < 4.78 is 39.5. The van der Waals surface area contributed by atoms with Crippen molar-refractivity contribution in [3.63, 3.8) is 0 Å². The van der Waals surface area contributed by atoms with Crippen molar-refractivity contribution >= 4 is 0 Å². The van der Waals surface area contributed by atoms with E-state index in [-0.39, 0.29) is 0 Å². The first kappa shape index (κ1) is 19.5. The maximum absolute atomic E-state index is 12.6.